The van der Waals surface area contributed by atoms with Gasteiger partial charge in [0.05, 0.1) is 12.5 Å². The molecule has 0 aliphatic heterocycles. The van der Waals surface area contributed by atoms with Crippen LogP contribution in [0, 0.1) is 0 Å². The third-order valence-corrected chi connectivity index (χ3v) is 6.36. The van der Waals surface area contributed by atoms with Crippen molar-refractivity contribution in [1.82, 2.24) is 10.2 Å². The molecule has 0 aromatic heterocycles. The number of nitrogens with zero attached hydrogens (tertiary/aromatic N) is 1. The number of ether oxygens (including phenoxy) is 2. The zero-order valence-corrected chi connectivity index (χ0v) is 20.4. The summed E-state index contributed by atoms with van der Waals surface area (Å²) < 4.78 is 10.9. The number of aliphatic carboxylic acids is 1. The molecule has 2 amide bonds. The Bertz CT molecular complexity index is 979. The first-order valence-electron chi connectivity index (χ1n) is 12.1. The summed E-state index contributed by atoms with van der Waals surface area (Å²) in [6.07, 6.45) is 0.319. The van der Waals surface area contributed by atoms with E-state index < -0.39 is 18.2 Å². The Kier molecular flexibility index (Phi) is 9.66. The molecule has 0 radical (unpaired) electrons. The fourth-order valence-corrected chi connectivity index (χ4v) is 4.45. The van der Waals surface area contributed by atoms with Gasteiger partial charge in [-0.2, -0.15) is 0 Å². The van der Waals surface area contributed by atoms with Crippen molar-refractivity contribution in [1.29, 1.82) is 0 Å². The summed E-state index contributed by atoms with van der Waals surface area (Å²) in [4.78, 5) is 37.4. The molecule has 2 aromatic carbocycles. The number of unbranched alkanes of at least 4 members (excludes halogenated alkanes) is 1. The third kappa shape index (κ3) is 7.05. The second-order valence-corrected chi connectivity index (χ2v) is 8.59. The van der Waals surface area contributed by atoms with Crippen LogP contribution in [0.2, 0.25) is 0 Å². The summed E-state index contributed by atoms with van der Waals surface area (Å²) >= 11 is 0. The van der Waals surface area contributed by atoms with E-state index in [0.717, 1.165) is 11.1 Å². The highest BCUT2D eigenvalue weighted by Crippen LogP contribution is 2.44. The summed E-state index contributed by atoms with van der Waals surface area (Å²) in [5.74, 6) is -0.950. The third-order valence-electron chi connectivity index (χ3n) is 6.36. The Morgan fingerprint density at radius 2 is 1.66 bits per heavy atom. The van der Waals surface area contributed by atoms with Gasteiger partial charge in [0, 0.05) is 39.1 Å². The van der Waals surface area contributed by atoms with Crippen molar-refractivity contribution in [3.63, 3.8) is 0 Å². The molecule has 1 atom stereocenters. The van der Waals surface area contributed by atoms with Crippen LogP contribution in [-0.4, -0.2) is 67.4 Å². The summed E-state index contributed by atoms with van der Waals surface area (Å²) in [5.41, 5.74) is 4.62. The fraction of sp³-hybridized carbons (Fsp3) is 0.444. The number of carbonyl (C=O) groups is 3. The first kappa shape index (κ1) is 26.2. The maximum atomic E-state index is 12.6. The number of carbonyl (C=O) groups excluding carboxylic acids is 2. The largest absolute Gasteiger partial charge is 0.481 e. The highest BCUT2D eigenvalue weighted by Gasteiger charge is 2.29. The lowest BCUT2D eigenvalue weighted by atomic mass is 9.98. The van der Waals surface area contributed by atoms with Crippen molar-refractivity contribution in [2.24, 2.45) is 0 Å². The number of nitrogens with one attached hydrogen (secondary N) is 1. The number of hydrogen-bond acceptors (Lipinski definition) is 5. The van der Waals surface area contributed by atoms with Crippen LogP contribution in [0.15, 0.2) is 48.5 Å². The van der Waals surface area contributed by atoms with E-state index in [1.54, 1.807) is 4.90 Å². The van der Waals surface area contributed by atoms with Crippen molar-refractivity contribution in [3.05, 3.63) is 59.7 Å². The number of methoxy groups -OCH3 is 1. The molecule has 8 nitrogen and oxygen atoms in total. The number of carboxylic acid groups (broad SMARTS) is 1. The molecule has 0 saturated carbocycles. The lowest BCUT2D eigenvalue weighted by Crippen LogP contribution is -2.39. The average molecular weight is 483 g/mol. The predicted molar refractivity (Wildman–Crippen MR) is 132 cm³/mol. The molecule has 1 aliphatic rings. The van der Waals surface area contributed by atoms with Crippen LogP contribution >= 0.6 is 0 Å². The Morgan fingerprint density at radius 1 is 1.03 bits per heavy atom. The molecule has 0 heterocycles. The molecular formula is C27H34N2O6. The number of carboxylic acids is 1. The maximum absolute atomic E-state index is 12.6. The molecular weight excluding hydrogens is 448 g/mol. The number of fused-ring (bicyclic) bond motifs is 3. The molecule has 0 saturated heterocycles. The Morgan fingerprint density at radius 3 is 2.23 bits per heavy atom. The van der Waals surface area contributed by atoms with Crippen LogP contribution in [0.25, 0.3) is 11.1 Å². The molecule has 8 heteroatoms. The standard InChI is InChI=1S/C27H34N2O6/c1-3-29(15-9-8-14-26(31)32)25(30)16-19(34-2)17-28-27(33)35-18-24-22-12-6-4-10-20(22)21-11-5-7-13-23(21)24/h4-7,10-13,19,24H,3,8-9,14-18H2,1-2H3,(H,28,33)(H,31,32). The summed E-state index contributed by atoms with van der Waals surface area (Å²) in [7, 11) is 1.50. The van der Waals surface area contributed by atoms with Crippen LogP contribution < -0.4 is 5.32 Å². The van der Waals surface area contributed by atoms with Crippen LogP contribution in [0.4, 0.5) is 4.79 Å². The highest BCUT2D eigenvalue weighted by atomic mass is 16.5. The summed E-state index contributed by atoms with van der Waals surface area (Å²) in [5, 5.41) is 11.5. The van der Waals surface area contributed by atoms with E-state index in [1.807, 2.05) is 31.2 Å². The van der Waals surface area contributed by atoms with Crippen LogP contribution in [-0.2, 0) is 19.1 Å². The van der Waals surface area contributed by atoms with Gasteiger partial charge in [-0.15, -0.1) is 0 Å². The topological polar surface area (TPSA) is 105 Å². The van der Waals surface area contributed by atoms with E-state index in [1.165, 1.54) is 18.2 Å². The van der Waals surface area contributed by atoms with Gasteiger partial charge < -0.3 is 24.8 Å². The zero-order chi connectivity index (χ0) is 25.2. The van der Waals surface area contributed by atoms with Gasteiger partial charge in [0.15, 0.2) is 0 Å². The van der Waals surface area contributed by atoms with Gasteiger partial charge in [0.25, 0.3) is 0 Å². The molecule has 2 aromatic rings. The summed E-state index contributed by atoms with van der Waals surface area (Å²) in [6, 6.07) is 16.3. The minimum atomic E-state index is -0.835. The lowest BCUT2D eigenvalue weighted by molar-refractivity contribution is -0.137. The molecule has 0 spiro atoms. The molecule has 1 unspecified atom stereocenters. The number of rotatable bonds is 13. The number of alkyl carbamates (subject to hydrolysis) is 1. The second kappa shape index (κ2) is 12.9. The van der Waals surface area contributed by atoms with Gasteiger partial charge in [0.1, 0.15) is 6.61 Å². The van der Waals surface area contributed by atoms with E-state index >= 15 is 0 Å². The quantitative estimate of drug-likeness (QED) is 0.418. The fourth-order valence-electron chi connectivity index (χ4n) is 4.45. The zero-order valence-electron chi connectivity index (χ0n) is 20.4. The van der Waals surface area contributed by atoms with Crippen LogP contribution in [0.1, 0.15) is 49.7 Å². The smallest absolute Gasteiger partial charge is 0.407 e. The van der Waals surface area contributed by atoms with Gasteiger partial charge in [-0.3, -0.25) is 9.59 Å². The average Bonchev–Trinajstić information content (AvgIpc) is 3.18. The molecule has 188 valence electrons. The van der Waals surface area contributed by atoms with E-state index in [4.69, 9.17) is 14.6 Å². The van der Waals surface area contributed by atoms with E-state index in [-0.39, 0.29) is 37.8 Å². The van der Waals surface area contributed by atoms with Crippen molar-refractivity contribution in [3.8, 4) is 11.1 Å². The van der Waals surface area contributed by atoms with Gasteiger partial charge in [-0.1, -0.05) is 48.5 Å². The molecule has 35 heavy (non-hydrogen) atoms. The minimum Gasteiger partial charge on any atom is -0.481 e. The Labute approximate surface area is 206 Å². The van der Waals surface area contributed by atoms with E-state index in [9.17, 15) is 14.4 Å². The molecule has 0 bridgehead atoms. The number of hydrogen-bond donors (Lipinski definition) is 2. The van der Waals surface area contributed by atoms with Crippen molar-refractivity contribution >= 4 is 18.0 Å². The SMILES string of the molecule is CCN(CCCCC(=O)O)C(=O)CC(CNC(=O)OCC1c2ccccc2-c2ccccc21)OC. The van der Waals surface area contributed by atoms with Crippen molar-refractivity contribution in [2.45, 2.75) is 44.6 Å². The molecule has 1 aliphatic carbocycles. The van der Waals surface area contributed by atoms with Gasteiger partial charge in [-0.05, 0) is 42.0 Å². The molecule has 3 rings (SSSR count). The highest BCUT2D eigenvalue weighted by molar-refractivity contribution is 5.79. The number of benzene rings is 2. The minimum absolute atomic E-state index is 0.0211. The normalized spacial score (nSPS) is 13.0. The van der Waals surface area contributed by atoms with E-state index in [2.05, 4.69) is 29.6 Å². The number of amides is 2. The van der Waals surface area contributed by atoms with Crippen molar-refractivity contribution in [2.75, 3.05) is 33.4 Å². The Balaban J connectivity index is 1.46. The van der Waals surface area contributed by atoms with Gasteiger partial charge >= 0.3 is 12.1 Å². The summed E-state index contributed by atoms with van der Waals surface area (Å²) in [6.45, 7) is 3.28. The van der Waals surface area contributed by atoms with Crippen molar-refractivity contribution < 1.29 is 29.0 Å². The first-order chi connectivity index (χ1) is 16.9. The molecule has 0 fully saturated rings. The van der Waals surface area contributed by atoms with Gasteiger partial charge in [-0.25, -0.2) is 4.79 Å². The maximum Gasteiger partial charge on any atom is 0.407 e. The first-order valence-corrected chi connectivity index (χ1v) is 12.1. The second-order valence-electron chi connectivity index (χ2n) is 8.59. The molecule has 2 N–H and O–H groups in total. The van der Waals surface area contributed by atoms with Crippen LogP contribution in [0.5, 0.6) is 0 Å². The van der Waals surface area contributed by atoms with Gasteiger partial charge in [0.2, 0.25) is 5.91 Å². The Hall–Kier alpha value is -3.39. The van der Waals surface area contributed by atoms with E-state index in [0.29, 0.717) is 25.9 Å². The monoisotopic (exact) mass is 482 g/mol. The lowest BCUT2D eigenvalue weighted by Gasteiger charge is -2.24. The van der Waals surface area contributed by atoms with Crippen LogP contribution in [0.3, 0.4) is 0 Å². The predicted octanol–water partition coefficient (Wildman–Crippen LogP) is 4.03.